The Balaban J connectivity index is 2.42. The van der Waals surface area contributed by atoms with Crippen molar-refractivity contribution in [2.24, 2.45) is 5.92 Å². The van der Waals surface area contributed by atoms with E-state index in [0.29, 0.717) is 17.0 Å². The van der Waals surface area contributed by atoms with Gasteiger partial charge in [-0.05, 0) is 12.0 Å². The first-order chi connectivity index (χ1) is 8.51. The Morgan fingerprint density at radius 3 is 2.89 bits per heavy atom. The fourth-order valence-corrected chi connectivity index (χ4v) is 1.82. The fourth-order valence-electron chi connectivity index (χ4n) is 1.82. The molecule has 0 amide bonds. The minimum atomic E-state index is -1.28. The van der Waals surface area contributed by atoms with Gasteiger partial charge in [0.1, 0.15) is 11.6 Å². The van der Waals surface area contributed by atoms with Crippen LogP contribution < -0.4 is 0 Å². The zero-order valence-corrected chi connectivity index (χ0v) is 10.3. The smallest absolute Gasteiger partial charge is 0.338 e. The molecule has 0 spiro atoms. The number of rotatable bonds is 4. The molecule has 0 fully saturated rings. The number of aromatic nitrogens is 2. The minimum absolute atomic E-state index is 0.343. The van der Waals surface area contributed by atoms with Crippen LogP contribution in [0.5, 0.6) is 0 Å². The normalized spacial score (nSPS) is 12.8. The highest BCUT2D eigenvalue weighted by Gasteiger charge is 2.14. The SMILES string of the molecule is CCC(C)Cc1nc2cc(C(=O)O)c(F)cc2[nH]1. The minimum Gasteiger partial charge on any atom is -0.478 e. The summed E-state index contributed by atoms with van der Waals surface area (Å²) >= 11 is 0. The highest BCUT2D eigenvalue weighted by atomic mass is 19.1. The van der Waals surface area contributed by atoms with Gasteiger partial charge in [0.15, 0.2) is 0 Å². The summed E-state index contributed by atoms with van der Waals surface area (Å²) in [5.41, 5.74) is 0.687. The molecule has 1 unspecified atom stereocenters. The molecule has 4 nitrogen and oxygen atoms in total. The van der Waals surface area contributed by atoms with Gasteiger partial charge in [0, 0.05) is 12.5 Å². The van der Waals surface area contributed by atoms with Crippen LogP contribution in [0, 0.1) is 11.7 Å². The number of hydrogen-bond acceptors (Lipinski definition) is 2. The summed E-state index contributed by atoms with van der Waals surface area (Å²) in [4.78, 5) is 18.1. The maximum absolute atomic E-state index is 13.5. The number of H-pyrrole nitrogens is 1. The van der Waals surface area contributed by atoms with E-state index in [1.807, 2.05) is 0 Å². The lowest BCUT2D eigenvalue weighted by molar-refractivity contribution is 0.0692. The molecule has 0 saturated carbocycles. The van der Waals surface area contributed by atoms with Crippen LogP contribution in [0.4, 0.5) is 4.39 Å². The van der Waals surface area contributed by atoms with Crippen molar-refractivity contribution in [3.8, 4) is 0 Å². The van der Waals surface area contributed by atoms with E-state index in [4.69, 9.17) is 5.11 Å². The van der Waals surface area contributed by atoms with Crippen molar-refractivity contribution in [3.63, 3.8) is 0 Å². The number of halogens is 1. The van der Waals surface area contributed by atoms with Crippen molar-refractivity contribution < 1.29 is 14.3 Å². The molecule has 0 radical (unpaired) electrons. The van der Waals surface area contributed by atoms with Crippen LogP contribution in [0.1, 0.15) is 36.5 Å². The Kier molecular flexibility index (Phi) is 3.32. The second-order valence-corrected chi connectivity index (χ2v) is 4.56. The highest BCUT2D eigenvalue weighted by Crippen LogP contribution is 2.19. The van der Waals surface area contributed by atoms with E-state index in [9.17, 15) is 9.18 Å². The molecule has 18 heavy (non-hydrogen) atoms. The molecule has 5 heteroatoms. The van der Waals surface area contributed by atoms with Gasteiger partial charge in [0.2, 0.25) is 0 Å². The van der Waals surface area contributed by atoms with Gasteiger partial charge in [-0.15, -0.1) is 0 Å². The third-order valence-corrected chi connectivity index (χ3v) is 3.09. The summed E-state index contributed by atoms with van der Waals surface area (Å²) in [5.74, 6) is -0.773. The predicted molar refractivity (Wildman–Crippen MR) is 66.2 cm³/mol. The van der Waals surface area contributed by atoms with Gasteiger partial charge in [-0.3, -0.25) is 0 Å². The molecule has 0 bridgehead atoms. The number of carboxylic acid groups (broad SMARTS) is 1. The second kappa shape index (κ2) is 4.76. The molecule has 2 N–H and O–H groups in total. The number of carbonyl (C=O) groups is 1. The Hall–Kier alpha value is -1.91. The third-order valence-electron chi connectivity index (χ3n) is 3.09. The van der Waals surface area contributed by atoms with E-state index in [0.717, 1.165) is 18.7 Å². The number of aromatic amines is 1. The van der Waals surface area contributed by atoms with Crippen LogP contribution in [0.15, 0.2) is 12.1 Å². The Morgan fingerprint density at radius 1 is 1.56 bits per heavy atom. The number of nitrogens with zero attached hydrogens (tertiary/aromatic N) is 1. The average Bonchev–Trinajstić information content (AvgIpc) is 2.68. The van der Waals surface area contributed by atoms with Crippen LogP contribution in [0.2, 0.25) is 0 Å². The molecular formula is C13H15FN2O2. The number of carboxylic acids is 1. The van der Waals surface area contributed by atoms with Gasteiger partial charge in [-0.1, -0.05) is 20.3 Å². The topological polar surface area (TPSA) is 66.0 Å². The van der Waals surface area contributed by atoms with Crippen molar-refractivity contribution in [3.05, 3.63) is 29.3 Å². The predicted octanol–water partition coefficient (Wildman–Crippen LogP) is 2.99. The van der Waals surface area contributed by atoms with Gasteiger partial charge in [0.25, 0.3) is 0 Å². The zero-order chi connectivity index (χ0) is 13.3. The fraction of sp³-hybridized carbons (Fsp3) is 0.385. The quantitative estimate of drug-likeness (QED) is 0.876. The zero-order valence-electron chi connectivity index (χ0n) is 10.3. The number of benzene rings is 1. The van der Waals surface area contributed by atoms with Crippen LogP contribution in [0.25, 0.3) is 11.0 Å². The number of hydrogen-bond donors (Lipinski definition) is 2. The molecule has 0 aliphatic rings. The van der Waals surface area contributed by atoms with Gasteiger partial charge in [-0.25, -0.2) is 14.2 Å². The molecule has 0 aliphatic heterocycles. The van der Waals surface area contributed by atoms with Crippen molar-refractivity contribution in [2.75, 3.05) is 0 Å². The summed E-state index contributed by atoms with van der Waals surface area (Å²) < 4.78 is 13.5. The lowest BCUT2D eigenvalue weighted by Crippen LogP contribution is -2.00. The number of fused-ring (bicyclic) bond motifs is 1. The molecule has 1 atom stereocenters. The Bertz CT molecular complexity index is 592. The number of nitrogens with one attached hydrogen (secondary N) is 1. The average molecular weight is 250 g/mol. The van der Waals surface area contributed by atoms with E-state index in [1.54, 1.807) is 0 Å². The molecule has 0 saturated heterocycles. The van der Waals surface area contributed by atoms with Crippen LogP contribution in [-0.4, -0.2) is 21.0 Å². The summed E-state index contributed by atoms with van der Waals surface area (Å²) in [7, 11) is 0. The second-order valence-electron chi connectivity index (χ2n) is 4.56. The van der Waals surface area contributed by atoms with Gasteiger partial charge < -0.3 is 10.1 Å². The highest BCUT2D eigenvalue weighted by molar-refractivity contribution is 5.92. The van der Waals surface area contributed by atoms with E-state index < -0.39 is 11.8 Å². The van der Waals surface area contributed by atoms with Gasteiger partial charge in [0.05, 0.1) is 16.6 Å². The van der Waals surface area contributed by atoms with Crippen molar-refractivity contribution in [1.29, 1.82) is 0 Å². The molecule has 96 valence electrons. The van der Waals surface area contributed by atoms with Crippen molar-refractivity contribution >= 4 is 17.0 Å². The summed E-state index contributed by atoms with van der Waals surface area (Å²) in [6, 6.07) is 2.45. The third kappa shape index (κ3) is 2.34. The van der Waals surface area contributed by atoms with E-state index in [2.05, 4.69) is 23.8 Å². The van der Waals surface area contributed by atoms with E-state index >= 15 is 0 Å². The molecule has 2 aromatic rings. The standard InChI is InChI=1S/C13H15FN2O2/c1-3-7(2)4-12-15-10-5-8(13(17)18)9(14)6-11(10)16-12/h5-7H,3-4H2,1-2H3,(H,15,16)(H,17,18). The number of imidazole rings is 1. The molecule has 1 aromatic carbocycles. The Morgan fingerprint density at radius 2 is 2.28 bits per heavy atom. The first-order valence-corrected chi connectivity index (χ1v) is 5.92. The monoisotopic (exact) mass is 250 g/mol. The van der Waals surface area contributed by atoms with Gasteiger partial charge >= 0.3 is 5.97 Å². The largest absolute Gasteiger partial charge is 0.478 e. The summed E-state index contributed by atoms with van der Waals surface area (Å²) in [5, 5.41) is 8.84. The lowest BCUT2D eigenvalue weighted by Gasteiger charge is -2.03. The molecule has 0 aliphatic carbocycles. The van der Waals surface area contributed by atoms with Crippen LogP contribution >= 0.6 is 0 Å². The van der Waals surface area contributed by atoms with Crippen molar-refractivity contribution in [2.45, 2.75) is 26.7 Å². The number of aromatic carboxylic acids is 1. The molecular weight excluding hydrogens is 235 g/mol. The lowest BCUT2D eigenvalue weighted by atomic mass is 10.1. The summed E-state index contributed by atoms with van der Waals surface area (Å²) in [6.07, 6.45) is 1.81. The van der Waals surface area contributed by atoms with E-state index in [-0.39, 0.29) is 5.56 Å². The molecule has 2 rings (SSSR count). The molecule has 1 heterocycles. The van der Waals surface area contributed by atoms with Crippen molar-refractivity contribution in [1.82, 2.24) is 9.97 Å². The first kappa shape index (κ1) is 12.5. The Labute approximate surface area is 104 Å². The van der Waals surface area contributed by atoms with Gasteiger partial charge in [-0.2, -0.15) is 0 Å². The van der Waals surface area contributed by atoms with Crippen LogP contribution in [0.3, 0.4) is 0 Å². The maximum Gasteiger partial charge on any atom is 0.338 e. The summed E-state index contributed by atoms with van der Waals surface area (Å²) in [6.45, 7) is 4.20. The maximum atomic E-state index is 13.5. The van der Waals surface area contributed by atoms with Crippen LogP contribution in [-0.2, 0) is 6.42 Å². The van der Waals surface area contributed by atoms with E-state index in [1.165, 1.54) is 12.1 Å². The first-order valence-electron chi connectivity index (χ1n) is 5.92. The molecule has 1 aromatic heterocycles.